The molecule has 1 aliphatic rings. The van der Waals surface area contributed by atoms with E-state index in [2.05, 4.69) is 15.8 Å². The Morgan fingerprint density at radius 2 is 1.85 bits per heavy atom. The van der Waals surface area contributed by atoms with E-state index in [4.69, 9.17) is 13.9 Å². The predicted molar refractivity (Wildman–Crippen MR) is 122 cm³/mol. The third kappa shape index (κ3) is 5.04. The molecule has 4 rings (SSSR count). The number of nitrogens with one attached hydrogen (secondary N) is 2. The fraction of sp³-hybridized carbons (Fsp3) is 0.174. The summed E-state index contributed by atoms with van der Waals surface area (Å²) in [6.07, 6.45) is 5.17. The molecule has 3 aromatic rings. The van der Waals surface area contributed by atoms with Crippen LogP contribution in [0.1, 0.15) is 43.3 Å². The van der Waals surface area contributed by atoms with Crippen molar-refractivity contribution in [3.8, 4) is 5.75 Å². The number of hydrogen-bond donors (Lipinski definition) is 2. The summed E-state index contributed by atoms with van der Waals surface area (Å²) in [5, 5.41) is 6.53. The molecule has 0 saturated heterocycles. The number of ether oxygens (including phenoxy) is 2. The Morgan fingerprint density at radius 1 is 1.06 bits per heavy atom. The van der Waals surface area contributed by atoms with Crippen LogP contribution in [0.2, 0.25) is 0 Å². The van der Waals surface area contributed by atoms with Gasteiger partial charge in [0, 0.05) is 4.88 Å². The van der Waals surface area contributed by atoms with Crippen molar-refractivity contribution in [2.45, 2.75) is 19.3 Å². The number of hydrazone groups is 1. The molecule has 0 atom stereocenters. The number of carbonyl (C=O) groups is 4. The average Bonchev–Trinajstić information content (AvgIpc) is 3.58. The molecular formula is C23H19N3O7S. The van der Waals surface area contributed by atoms with Crippen LogP contribution in [0.25, 0.3) is 0 Å². The second-order valence-electron chi connectivity index (χ2n) is 7.14. The number of benzene rings is 1. The summed E-state index contributed by atoms with van der Waals surface area (Å²) in [6, 6.07) is 9.37. The zero-order valence-corrected chi connectivity index (χ0v) is 18.8. The molecule has 174 valence electrons. The molecule has 0 fully saturated rings. The third-order valence-corrected chi connectivity index (χ3v) is 6.14. The molecule has 0 radical (unpaired) electrons. The Morgan fingerprint density at radius 3 is 2.56 bits per heavy atom. The fourth-order valence-electron chi connectivity index (χ4n) is 3.36. The number of furan rings is 1. The monoisotopic (exact) mass is 481 g/mol. The molecule has 2 heterocycles. The minimum Gasteiger partial charge on any atom is -0.465 e. The molecule has 34 heavy (non-hydrogen) atoms. The van der Waals surface area contributed by atoms with E-state index in [0.29, 0.717) is 21.9 Å². The van der Waals surface area contributed by atoms with E-state index in [1.165, 1.54) is 37.0 Å². The van der Waals surface area contributed by atoms with Crippen molar-refractivity contribution >= 4 is 46.3 Å². The first-order valence-electron chi connectivity index (χ1n) is 10.2. The average molecular weight is 481 g/mol. The van der Waals surface area contributed by atoms with E-state index >= 15 is 0 Å². The quantitative estimate of drug-likeness (QED) is 0.182. The molecule has 2 amide bonds. The highest BCUT2D eigenvalue weighted by Gasteiger charge is 2.29. The number of nitrogens with zero attached hydrogens (tertiary/aromatic N) is 1. The highest BCUT2D eigenvalue weighted by molar-refractivity contribution is 7.17. The van der Waals surface area contributed by atoms with Gasteiger partial charge < -0.3 is 19.2 Å². The van der Waals surface area contributed by atoms with Gasteiger partial charge in [-0.1, -0.05) is 0 Å². The first kappa shape index (κ1) is 22.9. The van der Waals surface area contributed by atoms with Crippen LogP contribution in [0.15, 0.2) is 52.2 Å². The predicted octanol–water partition coefficient (Wildman–Crippen LogP) is 2.92. The lowest BCUT2D eigenvalue weighted by Gasteiger charge is -2.06. The van der Waals surface area contributed by atoms with Gasteiger partial charge in [0.15, 0.2) is 0 Å². The number of hydrogen-bond acceptors (Lipinski definition) is 9. The number of amides is 2. The SMILES string of the molecule is COC(=O)c1c(NC(=O)C(=O)N/N=C/c2ccc(OC(=O)c3ccco3)cc2)sc2c1CCC2. The first-order chi connectivity index (χ1) is 16.5. The maximum absolute atomic E-state index is 12.3. The highest BCUT2D eigenvalue weighted by atomic mass is 32.1. The normalized spacial score (nSPS) is 12.3. The Balaban J connectivity index is 1.32. The molecule has 0 spiro atoms. The zero-order chi connectivity index (χ0) is 24.1. The standard InChI is InChI=1S/C23H19N3O7S/c1-31-23(30)18-15-4-2-6-17(15)34-21(18)25-19(27)20(28)26-24-12-13-7-9-14(10-8-13)33-22(29)16-5-3-11-32-16/h3,5,7-12H,2,4,6H2,1H3,(H,25,27)(H,26,28)/b24-12+. The summed E-state index contributed by atoms with van der Waals surface area (Å²) in [5.74, 6) is -2.75. The molecule has 0 aliphatic heterocycles. The van der Waals surface area contributed by atoms with E-state index in [1.54, 1.807) is 30.3 Å². The number of fused-ring (bicyclic) bond motifs is 1. The van der Waals surface area contributed by atoms with Crippen molar-refractivity contribution in [2.24, 2.45) is 5.10 Å². The van der Waals surface area contributed by atoms with Gasteiger partial charge in [-0.3, -0.25) is 9.59 Å². The third-order valence-electron chi connectivity index (χ3n) is 4.94. The maximum Gasteiger partial charge on any atom is 0.379 e. The topological polar surface area (TPSA) is 136 Å². The molecule has 1 aromatic carbocycles. The van der Waals surface area contributed by atoms with Gasteiger partial charge in [-0.05, 0) is 66.8 Å². The number of methoxy groups -OCH3 is 1. The van der Waals surface area contributed by atoms with Crippen molar-refractivity contribution < 1.29 is 33.1 Å². The van der Waals surface area contributed by atoms with Crippen molar-refractivity contribution in [1.29, 1.82) is 0 Å². The number of anilines is 1. The Labute approximate surface area is 197 Å². The summed E-state index contributed by atoms with van der Waals surface area (Å²) < 4.78 is 15.0. The minimum absolute atomic E-state index is 0.0810. The van der Waals surface area contributed by atoms with E-state index in [-0.39, 0.29) is 5.76 Å². The van der Waals surface area contributed by atoms with Gasteiger partial charge in [-0.15, -0.1) is 11.3 Å². The van der Waals surface area contributed by atoms with E-state index < -0.39 is 23.8 Å². The van der Waals surface area contributed by atoms with Crippen LogP contribution in [0.5, 0.6) is 5.75 Å². The fourth-order valence-corrected chi connectivity index (χ4v) is 4.63. The second kappa shape index (κ2) is 10.1. The summed E-state index contributed by atoms with van der Waals surface area (Å²) in [5.41, 5.74) is 3.89. The maximum atomic E-state index is 12.3. The molecule has 0 saturated carbocycles. The number of thiophene rings is 1. The van der Waals surface area contributed by atoms with Gasteiger partial charge in [0.2, 0.25) is 5.76 Å². The number of aryl methyl sites for hydroxylation is 1. The number of esters is 2. The van der Waals surface area contributed by atoms with Crippen LogP contribution in [0.4, 0.5) is 5.00 Å². The van der Waals surface area contributed by atoms with Crippen LogP contribution in [-0.2, 0) is 27.2 Å². The molecule has 10 nitrogen and oxygen atoms in total. The van der Waals surface area contributed by atoms with Gasteiger partial charge in [0.1, 0.15) is 10.8 Å². The highest BCUT2D eigenvalue weighted by Crippen LogP contribution is 2.39. The lowest BCUT2D eigenvalue weighted by Crippen LogP contribution is -2.32. The van der Waals surface area contributed by atoms with Gasteiger partial charge in [-0.25, -0.2) is 15.0 Å². The largest absolute Gasteiger partial charge is 0.465 e. The summed E-state index contributed by atoms with van der Waals surface area (Å²) in [4.78, 5) is 49.5. The summed E-state index contributed by atoms with van der Waals surface area (Å²) >= 11 is 1.27. The number of rotatable bonds is 6. The summed E-state index contributed by atoms with van der Waals surface area (Å²) in [6.45, 7) is 0. The molecule has 2 N–H and O–H groups in total. The molecule has 0 bridgehead atoms. The Kier molecular flexibility index (Phi) is 6.83. The van der Waals surface area contributed by atoms with Crippen LogP contribution in [-0.4, -0.2) is 37.1 Å². The van der Waals surface area contributed by atoms with Crippen LogP contribution in [0, 0.1) is 0 Å². The molecule has 2 aromatic heterocycles. The van der Waals surface area contributed by atoms with Gasteiger partial charge in [0.25, 0.3) is 0 Å². The van der Waals surface area contributed by atoms with Gasteiger partial charge in [-0.2, -0.15) is 5.10 Å². The molecule has 0 unspecified atom stereocenters. The second-order valence-corrected chi connectivity index (χ2v) is 8.25. The Bertz CT molecular complexity index is 1260. The van der Waals surface area contributed by atoms with Gasteiger partial charge in [0.05, 0.1) is 25.2 Å². The van der Waals surface area contributed by atoms with Crippen molar-refractivity contribution in [3.05, 3.63) is 70.0 Å². The lowest BCUT2D eigenvalue weighted by molar-refractivity contribution is -0.136. The Hall–Kier alpha value is -4.25. The zero-order valence-electron chi connectivity index (χ0n) is 18.0. The van der Waals surface area contributed by atoms with Crippen LogP contribution >= 0.6 is 11.3 Å². The molecule has 1 aliphatic carbocycles. The summed E-state index contributed by atoms with van der Waals surface area (Å²) in [7, 11) is 1.27. The van der Waals surface area contributed by atoms with E-state index in [0.717, 1.165) is 29.7 Å². The molecule has 11 heteroatoms. The van der Waals surface area contributed by atoms with Crippen LogP contribution in [0.3, 0.4) is 0 Å². The first-order valence-corrected chi connectivity index (χ1v) is 11.0. The lowest BCUT2D eigenvalue weighted by atomic mass is 10.1. The van der Waals surface area contributed by atoms with Crippen LogP contribution < -0.4 is 15.5 Å². The van der Waals surface area contributed by atoms with Crippen molar-refractivity contribution in [1.82, 2.24) is 5.43 Å². The van der Waals surface area contributed by atoms with E-state index in [9.17, 15) is 19.2 Å². The van der Waals surface area contributed by atoms with Crippen molar-refractivity contribution in [2.75, 3.05) is 12.4 Å². The van der Waals surface area contributed by atoms with Crippen molar-refractivity contribution in [3.63, 3.8) is 0 Å². The van der Waals surface area contributed by atoms with E-state index in [1.807, 2.05) is 0 Å². The minimum atomic E-state index is -0.996. The number of carbonyl (C=O) groups excluding carboxylic acids is 4. The molecular weight excluding hydrogens is 462 g/mol. The van der Waals surface area contributed by atoms with Gasteiger partial charge >= 0.3 is 23.8 Å². The smallest absolute Gasteiger partial charge is 0.379 e.